The minimum Gasteiger partial charge on any atom is -0.297 e. The van der Waals surface area contributed by atoms with Crippen LogP contribution in [0.1, 0.15) is 11.6 Å². The van der Waals surface area contributed by atoms with E-state index in [1.54, 1.807) is 12.4 Å². The molecule has 1 fully saturated rings. The van der Waals surface area contributed by atoms with Crippen LogP contribution in [-0.4, -0.2) is 23.5 Å². The highest BCUT2D eigenvalue weighted by atomic mass is 15.2. The van der Waals surface area contributed by atoms with Crippen molar-refractivity contribution in [3.8, 4) is 12.1 Å². The molecule has 2 rings (SSSR count). The van der Waals surface area contributed by atoms with E-state index in [1.165, 1.54) is 0 Å². The van der Waals surface area contributed by atoms with Crippen molar-refractivity contribution in [2.24, 2.45) is 11.8 Å². The molecule has 0 amide bonds. The topological polar surface area (TPSA) is 63.7 Å². The van der Waals surface area contributed by atoms with E-state index >= 15 is 0 Å². The van der Waals surface area contributed by atoms with E-state index in [9.17, 15) is 0 Å². The average molecular weight is 212 g/mol. The van der Waals surface area contributed by atoms with Crippen LogP contribution >= 0.6 is 0 Å². The van der Waals surface area contributed by atoms with Crippen LogP contribution in [-0.2, 0) is 0 Å². The number of rotatable bonds is 1. The van der Waals surface area contributed by atoms with Gasteiger partial charge in [-0.25, -0.2) is 0 Å². The lowest BCUT2D eigenvalue weighted by Crippen LogP contribution is -2.20. The summed E-state index contributed by atoms with van der Waals surface area (Å²) in [6.45, 7) is 0.647. The van der Waals surface area contributed by atoms with Crippen LogP contribution in [0.15, 0.2) is 24.5 Å². The van der Waals surface area contributed by atoms with Crippen molar-refractivity contribution in [2.75, 3.05) is 13.6 Å². The Morgan fingerprint density at radius 2 is 2.25 bits per heavy atom. The summed E-state index contributed by atoms with van der Waals surface area (Å²) in [7, 11) is 1.94. The van der Waals surface area contributed by atoms with E-state index in [2.05, 4.69) is 22.0 Å². The summed E-state index contributed by atoms with van der Waals surface area (Å²) in [5.74, 6) is -0.473. The van der Waals surface area contributed by atoms with Gasteiger partial charge in [-0.15, -0.1) is 0 Å². The number of likely N-dealkylation sites (tertiary alicyclic amines) is 1. The fraction of sp³-hybridized carbons (Fsp3) is 0.417. The number of pyridine rings is 1. The molecule has 0 saturated carbocycles. The summed E-state index contributed by atoms with van der Waals surface area (Å²) in [5, 5.41) is 18.2. The Morgan fingerprint density at radius 3 is 2.81 bits per heavy atom. The van der Waals surface area contributed by atoms with Crippen molar-refractivity contribution in [2.45, 2.75) is 6.04 Å². The Kier molecular flexibility index (Phi) is 2.85. The molecule has 0 N–H and O–H groups in total. The van der Waals surface area contributed by atoms with Crippen molar-refractivity contribution in [3.05, 3.63) is 30.1 Å². The van der Waals surface area contributed by atoms with Gasteiger partial charge in [-0.2, -0.15) is 10.5 Å². The first-order chi connectivity index (χ1) is 7.77. The molecule has 4 nitrogen and oxygen atoms in total. The molecule has 1 aliphatic rings. The Morgan fingerprint density at radius 1 is 1.44 bits per heavy atom. The van der Waals surface area contributed by atoms with Gasteiger partial charge in [0.05, 0.1) is 30.0 Å². The van der Waals surface area contributed by atoms with Crippen LogP contribution in [0.3, 0.4) is 0 Å². The molecule has 0 unspecified atom stereocenters. The monoisotopic (exact) mass is 212 g/mol. The first-order valence-corrected chi connectivity index (χ1v) is 5.17. The Labute approximate surface area is 94.7 Å². The zero-order chi connectivity index (χ0) is 11.5. The van der Waals surface area contributed by atoms with E-state index < -0.39 is 0 Å². The highest BCUT2D eigenvalue weighted by Gasteiger charge is 2.41. The summed E-state index contributed by atoms with van der Waals surface area (Å²) < 4.78 is 0. The van der Waals surface area contributed by atoms with Crippen molar-refractivity contribution in [3.63, 3.8) is 0 Å². The third-order valence-corrected chi connectivity index (χ3v) is 3.07. The second kappa shape index (κ2) is 4.30. The van der Waals surface area contributed by atoms with Gasteiger partial charge in [-0.1, -0.05) is 6.07 Å². The minimum atomic E-state index is -0.265. The summed E-state index contributed by atoms with van der Waals surface area (Å²) in [6, 6.07) is 8.27. The molecule has 0 spiro atoms. The van der Waals surface area contributed by atoms with E-state index in [0.29, 0.717) is 6.54 Å². The van der Waals surface area contributed by atoms with Gasteiger partial charge in [0.15, 0.2) is 0 Å². The smallest absolute Gasteiger partial charge is 0.0831 e. The zero-order valence-corrected chi connectivity index (χ0v) is 9.04. The number of hydrogen-bond acceptors (Lipinski definition) is 4. The third kappa shape index (κ3) is 1.64. The lowest BCUT2D eigenvalue weighted by atomic mass is 9.89. The van der Waals surface area contributed by atoms with Crippen LogP contribution in [0.25, 0.3) is 0 Å². The highest BCUT2D eigenvalue weighted by Crippen LogP contribution is 2.38. The van der Waals surface area contributed by atoms with Crippen molar-refractivity contribution in [1.82, 2.24) is 9.88 Å². The van der Waals surface area contributed by atoms with Gasteiger partial charge in [0.1, 0.15) is 0 Å². The van der Waals surface area contributed by atoms with Crippen LogP contribution in [0.4, 0.5) is 0 Å². The summed E-state index contributed by atoms with van der Waals surface area (Å²) in [6.07, 6.45) is 3.48. The van der Waals surface area contributed by atoms with E-state index in [4.69, 9.17) is 10.5 Å². The van der Waals surface area contributed by atoms with Gasteiger partial charge < -0.3 is 0 Å². The molecule has 1 aromatic heterocycles. The van der Waals surface area contributed by atoms with Gasteiger partial charge >= 0.3 is 0 Å². The number of aromatic nitrogens is 1. The predicted molar refractivity (Wildman–Crippen MR) is 57.8 cm³/mol. The molecular formula is C12H12N4. The maximum Gasteiger partial charge on any atom is 0.0831 e. The third-order valence-electron chi connectivity index (χ3n) is 3.07. The van der Waals surface area contributed by atoms with E-state index in [1.807, 2.05) is 19.2 Å². The van der Waals surface area contributed by atoms with Crippen molar-refractivity contribution in [1.29, 1.82) is 10.5 Å². The second-order valence-electron chi connectivity index (χ2n) is 4.06. The molecule has 4 heteroatoms. The molecule has 0 aromatic carbocycles. The van der Waals surface area contributed by atoms with Gasteiger partial charge in [0, 0.05) is 18.9 Å². The first kappa shape index (κ1) is 10.6. The normalized spacial score (nSPS) is 29.6. The Bertz CT molecular complexity index is 442. The average Bonchev–Trinajstić information content (AvgIpc) is 2.66. The van der Waals surface area contributed by atoms with Crippen LogP contribution in [0.2, 0.25) is 0 Å². The lowest BCUT2D eigenvalue weighted by Gasteiger charge is -2.21. The molecule has 0 bridgehead atoms. The van der Waals surface area contributed by atoms with E-state index in [-0.39, 0.29) is 17.9 Å². The van der Waals surface area contributed by atoms with Crippen molar-refractivity contribution < 1.29 is 0 Å². The maximum absolute atomic E-state index is 9.17. The second-order valence-corrected chi connectivity index (χ2v) is 4.06. The number of hydrogen-bond donors (Lipinski definition) is 0. The summed E-state index contributed by atoms with van der Waals surface area (Å²) in [5.41, 5.74) is 1.01. The molecule has 3 atom stereocenters. The first-order valence-electron chi connectivity index (χ1n) is 5.17. The molecule has 1 saturated heterocycles. The Balaban J connectivity index is 2.35. The molecule has 16 heavy (non-hydrogen) atoms. The Hall–Kier alpha value is -1.91. The maximum atomic E-state index is 9.17. The molecule has 1 aromatic rings. The quantitative estimate of drug-likeness (QED) is 0.704. The number of nitriles is 2. The largest absolute Gasteiger partial charge is 0.297 e. The fourth-order valence-electron chi connectivity index (χ4n) is 2.33. The molecule has 2 heterocycles. The van der Waals surface area contributed by atoms with E-state index in [0.717, 1.165) is 5.56 Å². The van der Waals surface area contributed by atoms with Crippen LogP contribution in [0.5, 0.6) is 0 Å². The highest BCUT2D eigenvalue weighted by molar-refractivity contribution is 5.22. The molecule has 1 aliphatic heterocycles. The van der Waals surface area contributed by atoms with Gasteiger partial charge in [0.25, 0.3) is 0 Å². The molecule has 80 valence electrons. The van der Waals surface area contributed by atoms with Crippen LogP contribution < -0.4 is 0 Å². The van der Waals surface area contributed by atoms with Crippen molar-refractivity contribution >= 4 is 0 Å². The zero-order valence-electron chi connectivity index (χ0n) is 9.04. The van der Waals surface area contributed by atoms with Gasteiger partial charge in [-0.05, 0) is 18.7 Å². The summed E-state index contributed by atoms with van der Waals surface area (Å²) >= 11 is 0. The predicted octanol–water partition coefficient (Wildman–Crippen LogP) is 1.35. The van der Waals surface area contributed by atoms with Crippen LogP contribution in [0, 0.1) is 34.5 Å². The molecule has 0 aliphatic carbocycles. The molecular weight excluding hydrogens is 200 g/mol. The minimum absolute atomic E-state index is 0.0108. The SMILES string of the molecule is CN1C[C@H](C#N)[C@@H](C#N)[C@H]1c1cccnc1. The standard InChI is InChI=1S/C12H12N4/c1-16-8-10(5-13)11(6-14)12(16)9-3-2-4-15-7-9/h2-4,7,10-12H,8H2,1H3/t10-,11+,12+/m0/s1. The number of nitrogens with zero attached hydrogens (tertiary/aromatic N) is 4. The summed E-state index contributed by atoms with van der Waals surface area (Å²) in [4.78, 5) is 6.12. The fourth-order valence-corrected chi connectivity index (χ4v) is 2.33. The van der Waals surface area contributed by atoms with Gasteiger partial charge in [-0.3, -0.25) is 9.88 Å². The van der Waals surface area contributed by atoms with Gasteiger partial charge in [0.2, 0.25) is 0 Å². The lowest BCUT2D eigenvalue weighted by molar-refractivity contribution is 0.298. The molecule has 0 radical (unpaired) electrons.